The third-order valence-electron chi connectivity index (χ3n) is 2.04. The van der Waals surface area contributed by atoms with Crippen LogP contribution < -0.4 is 0 Å². The second-order valence-corrected chi connectivity index (χ2v) is 3.29. The maximum absolute atomic E-state index is 11.6. The molecule has 0 radical (unpaired) electrons. The highest BCUT2D eigenvalue weighted by Crippen LogP contribution is 2.02. The van der Waals surface area contributed by atoms with Crippen LogP contribution in [0.25, 0.3) is 0 Å². The lowest BCUT2D eigenvalue weighted by molar-refractivity contribution is -0.159. The van der Waals surface area contributed by atoms with Crippen molar-refractivity contribution in [2.24, 2.45) is 0 Å². The van der Waals surface area contributed by atoms with E-state index < -0.39 is 6.10 Å². The van der Waals surface area contributed by atoms with Crippen LogP contribution in [0.2, 0.25) is 0 Å². The Bertz CT molecular complexity index is 184. The Morgan fingerprint density at radius 1 is 0.941 bits per heavy atom. The second kappa shape index (κ2) is 11.8. The third kappa shape index (κ3) is 9.09. The molecule has 1 unspecified atom stereocenters. The summed E-state index contributed by atoms with van der Waals surface area (Å²) in [7, 11) is 0. The van der Waals surface area contributed by atoms with Gasteiger partial charge in [0.2, 0.25) is 0 Å². The molecule has 0 aliphatic rings. The van der Waals surface area contributed by atoms with Crippen LogP contribution in [0, 0.1) is 0 Å². The first kappa shape index (κ1) is 16.4. The van der Waals surface area contributed by atoms with E-state index in [-0.39, 0.29) is 12.6 Å². The molecule has 0 heterocycles. The van der Waals surface area contributed by atoms with Crippen molar-refractivity contribution >= 4 is 5.97 Å². The van der Waals surface area contributed by atoms with Gasteiger partial charge in [-0.2, -0.15) is 0 Å². The SMILES string of the molecule is CCOCCOC(=O)C(CCOCC)OCC. The maximum atomic E-state index is 11.6. The Hall–Kier alpha value is -0.650. The van der Waals surface area contributed by atoms with Gasteiger partial charge >= 0.3 is 5.97 Å². The molecule has 17 heavy (non-hydrogen) atoms. The first-order valence-electron chi connectivity index (χ1n) is 6.19. The molecule has 0 aromatic rings. The van der Waals surface area contributed by atoms with Crippen molar-refractivity contribution in [3.8, 4) is 0 Å². The third-order valence-corrected chi connectivity index (χ3v) is 2.04. The molecule has 0 saturated heterocycles. The Labute approximate surface area is 103 Å². The standard InChI is InChI=1S/C12H24O5/c1-4-14-8-7-11(16-6-3)12(13)17-10-9-15-5-2/h11H,4-10H2,1-3H3. The van der Waals surface area contributed by atoms with Gasteiger partial charge in [0.25, 0.3) is 0 Å². The van der Waals surface area contributed by atoms with Crippen molar-refractivity contribution in [2.75, 3.05) is 39.6 Å². The number of ether oxygens (including phenoxy) is 4. The lowest BCUT2D eigenvalue weighted by atomic mass is 10.2. The predicted molar refractivity (Wildman–Crippen MR) is 64.0 cm³/mol. The van der Waals surface area contributed by atoms with Gasteiger partial charge in [-0.25, -0.2) is 4.79 Å². The average Bonchev–Trinajstić information content (AvgIpc) is 2.33. The lowest BCUT2D eigenvalue weighted by Crippen LogP contribution is -2.29. The summed E-state index contributed by atoms with van der Waals surface area (Å²) in [6, 6.07) is 0. The Morgan fingerprint density at radius 3 is 2.18 bits per heavy atom. The predicted octanol–water partition coefficient (Wildman–Crippen LogP) is 1.40. The van der Waals surface area contributed by atoms with Crippen molar-refractivity contribution in [1.82, 2.24) is 0 Å². The minimum Gasteiger partial charge on any atom is -0.461 e. The van der Waals surface area contributed by atoms with Gasteiger partial charge in [-0.15, -0.1) is 0 Å². The molecule has 102 valence electrons. The van der Waals surface area contributed by atoms with Crippen LogP contribution in [0.4, 0.5) is 0 Å². The minimum atomic E-state index is -0.534. The van der Waals surface area contributed by atoms with Crippen molar-refractivity contribution in [3.63, 3.8) is 0 Å². The van der Waals surface area contributed by atoms with E-state index in [4.69, 9.17) is 18.9 Å². The lowest BCUT2D eigenvalue weighted by Gasteiger charge is -2.15. The molecular formula is C12H24O5. The monoisotopic (exact) mass is 248 g/mol. The summed E-state index contributed by atoms with van der Waals surface area (Å²) in [5.41, 5.74) is 0. The molecule has 0 amide bonds. The van der Waals surface area contributed by atoms with Gasteiger partial charge in [0.15, 0.2) is 6.10 Å². The van der Waals surface area contributed by atoms with E-state index in [0.717, 1.165) is 0 Å². The average molecular weight is 248 g/mol. The summed E-state index contributed by atoms with van der Waals surface area (Å²) in [5.74, 6) is -0.341. The number of esters is 1. The number of rotatable bonds is 11. The highest BCUT2D eigenvalue weighted by atomic mass is 16.6. The second-order valence-electron chi connectivity index (χ2n) is 3.29. The normalized spacial score (nSPS) is 12.4. The van der Waals surface area contributed by atoms with Crippen LogP contribution >= 0.6 is 0 Å². The molecule has 5 heteroatoms. The molecule has 5 nitrogen and oxygen atoms in total. The van der Waals surface area contributed by atoms with Crippen LogP contribution in [0.15, 0.2) is 0 Å². The molecule has 0 bridgehead atoms. The zero-order valence-electron chi connectivity index (χ0n) is 11.1. The smallest absolute Gasteiger partial charge is 0.335 e. The van der Waals surface area contributed by atoms with Gasteiger partial charge < -0.3 is 18.9 Å². The molecule has 0 aliphatic carbocycles. The van der Waals surface area contributed by atoms with E-state index in [1.54, 1.807) is 0 Å². The Kier molecular flexibility index (Phi) is 11.4. The Balaban J connectivity index is 3.79. The van der Waals surface area contributed by atoms with Gasteiger partial charge in [-0.3, -0.25) is 0 Å². The quantitative estimate of drug-likeness (QED) is 0.408. The largest absolute Gasteiger partial charge is 0.461 e. The van der Waals surface area contributed by atoms with Gasteiger partial charge in [-0.1, -0.05) is 0 Å². The molecule has 0 aliphatic heterocycles. The first-order chi connectivity index (χ1) is 8.26. The van der Waals surface area contributed by atoms with Crippen molar-refractivity contribution in [3.05, 3.63) is 0 Å². The van der Waals surface area contributed by atoms with Crippen LogP contribution in [0.3, 0.4) is 0 Å². The fourth-order valence-corrected chi connectivity index (χ4v) is 1.24. The molecule has 1 atom stereocenters. The molecule has 0 saturated carbocycles. The summed E-state index contributed by atoms with van der Waals surface area (Å²) in [5, 5.41) is 0. The van der Waals surface area contributed by atoms with E-state index in [0.29, 0.717) is 39.5 Å². The highest BCUT2D eigenvalue weighted by Gasteiger charge is 2.19. The van der Waals surface area contributed by atoms with Gasteiger partial charge in [0, 0.05) is 32.8 Å². The molecule has 0 fully saturated rings. The molecule has 0 aromatic heterocycles. The van der Waals surface area contributed by atoms with E-state index >= 15 is 0 Å². The van der Waals surface area contributed by atoms with Crippen molar-refractivity contribution in [2.45, 2.75) is 33.3 Å². The van der Waals surface area contributed by atoms with Gasteiger partial charge in [0.1, 0.15) is 6.61 Å². The fraction of sp³-hybridized carbons (Fsp3) is 0.917. The number of carbonyl (C=O) groups excluding carboxylic acids is 1. The van der Waals surface area contributed by atoms with Crippen LogP contribution in [-0.4, -0.2) is 51.7 Å². The summed E-state index contributed by atoms with van der Waals surface area (Å²) in [6.45, 7) is 8.59. The molecule has 0 aromatic carbocycles. The van der Waals surface area contributed by atoms with E-state index in [1.165, 1.54) is 0 Å². The highest BCUT2D eigenvalue weighted by molar-refractivity contribution is 5.74. The van der Waals surface area contributed by atoms with E-state index in [1.807, 2.05) is 20.8 Å². The molecule has 0 N–H and O–H groups in total. The molecule has 0 rings (SSSR count). The fourth-order valence-electron chi connectivity index (χ4n) is 1.24. The van der Waals surface area contributed by atoms with Crippen LogP contribution in [0.5, 0.6) is 0 Å². The first-order valence-corrected chi connectivity index (χ1v) is 6.19. The number of hydrogen-bond acceptors (Lipinski definition) is 5. The maximum Gasteiger partial charge on any atom is 0.335 e. The summed E-state index contributed by atoms with van der Waals surface area (Å²) in [4.78, 5) is 11.6. The summed E-state index contributed by atoms with van der Waals surface area (Å²) >= 11 is 0. The number of carbonyl (C=O) groups is 1. The van der Waals surface area contributed by atoms with Crippen LogP contribution in [0.1, 0.15) is 27.2 Å². The van der Waals surface area contributed by atoms with Crippen molar-refractivity contribution < 1.29 is 23.7 Å². The molecule has 0 spiro atoms. The Morgan fingerprint density at radius 2 is 1.59 bits per heavy atom. The van der Waals surface area contributed by atoms with Crippen LogP contribution in [-0.2, 0) is 23.7 Å². The van der Waals surface area contributed by atoms with Crippen molar-refractivity contribution in [1.29, 1.82) is 0 Å². The van der Waals surface area contributed by atoms with Gasteiger partial charge in [0.05, 0.1) is 6.61 Å². The van der Waals surface area contributed by atoms with E-state index in [9.17, 15) is 4.79 Å². The molecular weight excluding hydrogens is 224 g/mol. The van der Waals surface area contributed by atoms with E-state index in [2.05, 4.69) is 0 Å². The number of hydrogen-bond donors (Lipinski definition) is 0. The minimum absolute atomic E-state index is 0.269. The van der Waals surface area contributed by atoms with Gasteiger partial charge in [-0.05, 0) is 20.8 Å². The zero-order chi connectivity index (χ0) is 12.9. The summed E-state index contributed by atoms with van der Waals surface area (Å²) < 4.78 is 20.6. The summed E-state index contributed by atoms with van der Waals surface area (Å²) in [6.07, 6.45) is -0.0111. The topological polar surface area (TPSA) is 54.0 Å². The zero-order valence-corrected chi connectivity index (χ0v) is 11.1.